The number of methoxy groups -OCH3 is 1. The van der Waals surface area contributed by atoms with Crippen molar-refractivity contribution in [1.82, 2.24) is 9.88 Å². The second kappa shape index (κ2) is 8.49. The molecular formula is C23H19F3N2O2. The molecule has 4 nitrogen and oxygen atoms in total. The average Bonchev–Trinajstić information content (AvgIpc) is 2.77. The third kappa shape index (κ3) is 4.10. The molecule has 1 aliphatic rings. The summed E-state index contributed by atoms with van der Waals surface area (Å²) >= 11 is 0. The maximum absolute atomic E-state index is 13.6. The number of rotatable bonds is 6. The van der Waals surface area contributed by atoms with Crippen molar-refractivity contribution in [2.75, 3.05) is 26.8 Å². The van der Waals surface area contributed by atoms with Gasteiger partial charge in [-0.3, -0.25) is 4.98 Å². The SMILES string of the molecule is COc1ccc2c(OCCN3C=CC=C(c4cc(F)c(F)c(F)c4)C3)ccnc2c1. The number of halogens is 3. The molecule has 0 aliphatic carbocycles. The van der Waals surface area contributed by atoms with Crippen LogP contribution in [0.5, 0.6) is 11.5 Å². The Hall–Kier alpha value is -3.48. The second-order valence-electron chi connectivity index (χ2n) is 6.80. The Morgan fingerprint density at radius 3 is 2.63 bits per heavy atom. The Bertz CT molecular complexity index is 1120. The van der Waals surface area contributed by atoms with Crippen LogP contribution in [-0.2, 0) is 0 Å². The highest BCUT2D eigenvalue weighted by Gasteiger charge is 2.16. The molecule has 3 aromatic rings. The van der Waals surface area contributed by atoms with Crippen molar-refractivity contribution in [3.63, 3.8) is 0 Å². The van der Waals surface area contributed by atoms with Crippen molar-refractivity contribution >= 4 is 16.5 Å². The van der Waals surface area contributed by atoms with Crippen LogP contribution in [-0.4, -0.2) is 36.7 Å². The number of aromatic nitrogens is 1. The molecule has 0 amide bonds. The second-order valence-corrected chi connectivity index (χ2v) is 6.80. The molecule has 2 aromatic carbocycles. The zero-order valence-corrected chi connectivity index (χ0v) is 16.2. The van der Waals surface area contributed by atoms with E-state index in [1.165, 1.54) is 0 Å². The van der Waals surface area contributed by atoms with Crippen LogP contribution in [0.15, 0.2) is 60.9 Å². The highest BCUT2D eigenvalue weighted by Crippen LogP contribution is 2.27. The lowest BCUT2D eigenvalue weighted by Crippen LogP contribution is -2.26. The van der Waals surface area contributed by atoms with Gasteiger partial charge < -0.3 is 14.4 Å². The van der Waals surface area contributed by atoms with Crippen LogP contribution in [0.3, 0.4) is 0 Å². The maximum atomic E-state index is 13.6. The maximum Gasteiger partial charge on any atom is 0.194 e. The van der Waals surface area contributed by atoms with Gasteiger partial charge in [-0.2, -0.15) is 0 Å². The van der Waals surface area contributed by atoms with E-state index < -0.39 is 17.5 Å². The lowest BCUT2D eigenvalue weighted by atomic mass is 10.0. The molecule has 4 rings (SSSR count). The summed E-state index contributed by atoms with van der Waals surface area (Å²) in [4.78, 5) is 6.29. The summed E-state index contributed by atoms with van der Waals surface area (Å²) in [6.07, 6.45) is 7.09. The van der Waals surface area contributed by atoms with Crippen LogP contribution < -0.4 is 9.47 Å². The number of fused-ring (bicyclic) bond motifs is 1. The summed E-state index contributed by atoms with van der Waals surface area (Å²) in [6.45, 7) is 1.38. The number of nitrogens with zero attached hydrogens (tertiary/aromatic N) is 2. The summed E-state index contributed by atoms with van der Waals surface area (Å²) in [5, 5.41) is 0.880. The van der Waals surface area contributed by atoms with Gasteiger partial charge in [0.15, 0.2) is 17.5 Å². The molecule has 0 saturated heterocycles. The number of ether oxygens (including phenoxy) is 2. The number of pyridine rings is 1. The molecule has 1 aromatic heterocycles. The van der Waals surface area contributed by atoms with Gasteiger partial charge in [0.25, 0.3) is 0 Å². The van der Waals surface area contributed by atoms with Crippen molar-refractivity contribution in [2.45, 2.75) is 0 Å². The molecule has 0 N–H and O–H groups in total. The third-order valence-corrected chi connectivity index (χ3v) is 4.87. The van der Waals surface area contributed by atoms with Gasteiger partial charge in [-0.25, -0.2) is 13.2 Å². The normalized spacial score (nSPS) is 13.5. The molecule has 1 aliphatic heterocycles. The highest BCUT2D eigenvalue weighted by atomic mass is 19.2. The Morgan fingerprint density at radius 2 is 1.87 bits per heavy atom. The molecular weight excluding hydrogens is 393 g/mol. The molecule has 7 heteroatoms. The molecule has 0 atom stereocenters. The van der Waals surface area contributed by atoms with Crippen LogP contribution in [0.25, 0.3) is 16.5 Å². The summed E-state index contributed by atoms with van der Waals surface area (Å²) < 4.78 is 51.5. The molecule has 2 heterocycles. The Kier molecular flexibility index (Phi) is 5.61. The van der Waals surface area contributed by atoms with Crippen molar-refractivity contribution in [2.24, 2.45) is 0 Å². The Labute approximate surface area is 171 Å². The zero-order valence-electron chi connectivity index (χ0n) is 16.2. The highest BCUT2D eigenvalue weighted by molar-refractivity contribution is 5.85. The fraction of sp³-hybridized carbons (Fsp3) is 0.174. The first kappa shape index (κ1) is 19.8. The van der Waals surface area contributed by atoms with E-state index in [4.69, 9.17) is 9.47 Å². The van der Waals surface area contributed by atoms with E-state index in [1.54, 1.807) is 31.5 Å². The van der Waals surface area contributed by atoms with Gasteiger partial charge in [-0.15, -0.1) is 0 Å². The molecule has 0 spiro atoms. The van der Waals surface area contributed by atoms with Crippen LogP contribution in [0.4, 0.5) is 13.2 Å². The van der Waals surface area contributed by atoms with E-state index in [0.29, 0.717) is 36.6 Å². The lowest BCUT2D eigenvalue weighted by Gasteiger charge is -2.25. The van der Waals surface area contributed by atoms with Crippen LogP contribution in [0.2, 0.25) is 0 Å². The fourth-order valence-electron chi connectivity index (χ4n) is 3.31. The predicted molar refractivity (Wildman–Crippen MR) is 109 cm³/mol. The molecule has 0 fully saturated rings. The molecule has 0 saturated carbocycles. The molecule has 0 bridgehead atoms. The molecule has 154 valence electrons. The Morgan fingerprint density at radius 1 is 1.07 bits per heavy atom. The van der Waals surface area contributed by atoms with Crippen molar-refractivity contribution in [3.05, 3.63) is 84.0 Å². The van der Waals surface area contributed by atoms with Gasteiger partial charge in [-0.1, -0.05) is 6.08 Å². The van der Waals surface area contributed by atoms with Crippen LogP contribution in [0, 0.1) is 17.5 Å². The van der Waals surface area contributed by atoms with Crippen LogP contribution >= 0.6 is 0 Å². The quantitative estimate of drug-likeness (QED) is 0.537. The summed E-state index contributed by atoms with van der Waals surface area (Å²) in [7, 11) is 1.60. The fourth-order valence-corrected chi connectivity index (χ4v) is 3.31. The largest absolute Gasteiger partial charge is 0.497 e. The standard InChI is InChI=1S/C23H19F3N2O2/c1-29-17-4-5-18-21(13-17)27-7-6-22(18)30-10-9-28-8-2-3-15(14-28)16-11-19(24)23(26)20(25)12-16/h2-8,11-13H,9-10,14H2,1H3. The van der Waals surface area contributed by atoms with Crippen molar-refractivity contribution < 1.29 is 22.6 Å². The third-order valence-electron chi connectivity index (χ3n) is 4.87. The van der Waals surface area contributed by atoms with E-state index in [1.807, 2.05) is 29.3 Å². The van der Waals surface area contributed by atoms with Gasteiger partial charge in [0.2, 0.25) is 0 Å². The first-order chi connectivity index (χ1) is 14.5. The van der Waals surface area contributed by atoms with Crippen molar-refractivity contribution in [1.29, 1.82) is 0 Å². The first-order valence-electron chi connectivity index (χ1n) is 9.37. The van der Waals surface area contributed by atoms with E-state index in [2.05, 4.69) is 4.98 Å². The minimum Gasteiger partial charge on any atom is -0.497 e. The average molecular weight is 412 g/mol. The minimum absolute atomic E-state index is 0.316. The number of benzene rings is 2. The van der Waals surface area contributed by atoms with Crippen LogP contribution in [0.1, 0.15) is 5.56 Å². The molecule has 0 unspecified atom stereocenters. The lowest BCUT2D eigenvalue weighted by molar-refractivity contribution is 0.267. The Balaban J connectivity index is 1.40. The van der Waals surface area contributed by atoms with E-state index in [-0.39, 0.29) is 0 Å². The summed E-state index contributed by atoms with van der Waals surface area (Å²) in [6, 6.07) is 9.41. The van der Waals surface area contributed by atoms with Gasteiger partial charge in [0.1, 0.15) is 18.1 Å². The number of hydrogen-bond donors (Lipinski definition) is 0. The van der Waals surface area contributed by atoms with Crippen molar-refractivity contribution in [3.8, 4) is 11.5 Å². The molecule has 0 radical (unpaired) electrons. The molecule has 30 heavy (non-hydrogen) atoms. The predicted octanol–water partition coefficient (Wildman–Crippen LogP) is 4.95. The van der Waals surface area contributed by atoms with E-state index >= 15 is 0 Å². The first-order valence-corrected chi connectivity index (χ1v) is 9.37. The van der Waals surface area contributed by atoms with Gasteiger partial charge >= 0.3 is 0 Å². The smallest absolute Gasteiger partial charge is 0.194 e. The number of allylic oxidation sites excluding steroid dienone is 2. The topological polar surface area (TPSA) is 34.6 Å². The van der Waals surface area contributed by atoms with E-state index in [9.17, 15) is 13.2 Å². The minimum atomic E-state index is -1.46. The van der Waals surface area contributed by atoms with Gasteiger partial charge in [0.05, 0.1) is 19.2 Å². The number of hydrogen-bond acceptors (Lipinski definition) is 4. The van der Waals surface area contributed by atoms with E-state index in [0.717, 1.165) is 28.8 Å². The summed E-state index contributed by atoms with van der Waals surface area (Å²) in [5.41, 5.74) is 1.78. The van der Waals surface area contributed by atoms with Gasteiger partial charge in [-0.05, 0) is 53.7 Å². The monoisotopic (exact) mass is 412 g/mol. The summed E-state index contributed by atoms with van der Waals surface area (Å²) in [5.74, 6) is -2.42. The van der Waals surface area contributed by atoms with Gasteiger partial charge in [0, 0.05) is 24.2 Å². The zero-order chi connectivity index (χ0) is 21.1.